The Kier molecular flexibility index (Phi) is 6.32. The van der Waals surface area contributed by atoms with E-state index in [4.69, 9.17) is 4.74 Å². The maximum absolute atomic E-state index is 12.2. The van der Waals surface area contributed by atoms with E-state index in [1.54, 1.807) is 31.2 Å². The van der Waals surface area contributed by atoms with Gasteiger partial charge in [-0.2, -0.15) is 0 Å². The van der Waals surface area contributed by atoms with Gasteiger partial charge in [0.25, 0.3) is 11.8 Å². The summed E-state index contributed by atoms with van der Waals surface area (Å²) in [6, 6.07) is 6.95. The van der Waals surface area contributed by atoms with Crippen LogP contribution in [-0.2, 0) is 9.53 Å². The second-order valence-corrected chi connectivity index (χ2v) is 5.63. The third-order valence-electron chi connectivity index (χ3n) is 3.95. The first-order valence-electron chi connectivity index (χ1n) is 8.26. The Bertz CT molecular complexity index is 547. The third kappa shape index (κ3) is 4.41. The van der Waals surface area contributed by atoms with Crippen molar-refractivity contribution in [3.8, 4) is 0 Å². The van der Waals surface area contributed by atoms with Crippen molar-refractivity contribution in [3.63, 3.8) is 0 Å². The summed E-state index contributed by atoms with van der Waals surface area (Å²) >= 11 is 0. The monoisotopic (exact) mass is 317 g/mol. The van der Waals surface area contributed by atoms with Gasteiger partial charge in [0.15, 0.2) is 0 Å². The lowest BCUT2D eigenvalue weighted by molar-refractivity contribution is -0.143. The maximum Gasteiger partial charge on any atom is 0.305 e. The SMILES string of the molecule is CCOC(=O)CCCCCCCN1C(=O)c2ccccc2C1=O. The van der Waals surface area contributed by atoms with Gasteiger partial charge in [0.05, 0.1) is 17.7 Å². The van der Waals surface area contributed by atoms with Gasteiger partial charge in [-0.15, -0.1) is 0 Å². The van der Waals surface area contributed by atoms with Crippen molar-refractivity contribution in [3.05, 3.63) is 35.4 Å². The zero-order chi connectivity index (χ0) is 16.7. The predicted octanol–water partition coefficient (Wildman–Crippen LogP) is 3.19. The van der Waals surface area contributed by atoms with Gasteiger partial charge in [0, 0.05) is 13.0 Å². The number of esters is 1. The molecule has 0 unspecified atom stereocenters. The van der Waals surface area contributed by atoms with Gasteiger partial charge in [0.2, 0.25) is 0 Å². The molecule has 1 aliphatic rings. The van der Waals surface area contributed by atoms with E-state index in [1.807, 2.05) is 0 Å². The van der Waals surface area contributed by atoms with E-state index in [0.717, 1.165) is 32.1 Å². The minimum Gasteiger partial charge on any atom is -0.466 e. The van der Waals surface area contributed by atoms with E-state index in [2.05, 4.69) is 0 Å². The molecule has 5 nitrogen and oxygen atoms in total. The van der Waals surface area contributed by atoms with Crippen LogP contribution in [0.3, 0.4) is 0 Å². The minimum absolute atomic E-state index is 0.140. The fraction of sp³-hybridized carbons (Fsp3) is 0.500. The molecule has 0 radical (unpaired) electrons. The summed E-state index contributed by atoms with van der Waals surface area (Å²) in [5.41, 5.74) is 1.01. The molecule has 0 bridgehead atoms. The van der Waals surface area contributed by atoms with Gasteiger partial charge in [0.1, 0.15) is 0 Å². The Morgan fingerprint density at radius 2 is 1.52 bits per heavy atom. The molecular weight excluding hydrogens is 294 g/mol. The molecule has 1 aromatic rings. The molecule has 0 atom stereocenters. The second-order valence-electron chi connectivity index (χ2n) is 5.63. The molecule has 0 spiro atoms. The molecule has 0 saturated carbocycles. The first-order chi connectivity index (χ1) is 11.1. The number of hydrogen-bond donors (Lipinski definition) is 0. The first-order valence-corrected chi connectivity index (χ1v) is 8.26. The van der Waals surface area contributed by atoms with E-state index in [1.165, 1.54) is 4.90 Å². The Morgan fingerprint density at radius 1 is 0.957 bits per heavy atom. The third-order valence-corrected chi connectivity index (χ3v) is 3.95. The average molecular weight is 317 g/mol. The highest BCUT2D eigenvalue weighted by Crippen LogP contribution is 2.22. The van der Waals surface area contributed by atoms with Crippen LogP contribution in [0.15, 0.2) is 24.3 Å². The van der Waals surface area contributed by atoms with Crippen molar-refractivity contribution in [2.45, 2.75) is 45.4 Å². The number of amides is 2. The Hall–Kier alpha value is -2.17. The van der Waals surface area contributed by atoms with Gasteiger partial charge in [-0.25, -0.2) is 0 Å². The molecule has 2 rings (SSSR count). The summed E-state index contributed by atoms with van der Waals surface area (Å²) in [7, 11) is 0. The van der Waals surface area contributed by atoms with Gasteiger partial charge < -0.3 is 4.74 Å². The van der Waals surface area contributed by atoms with Gasteiger partial charge >= 0.3 is 5.97 Å². The highest BCUT2D eigenvalue weighted by Gasteiger charge is 2.34. The standard InChI is InChI=1S/C18H23NO4/c1-2-23-16(20)12-6-4-3-5-9-13-19-17(21)14-10-7-8-11-15(14)18(19)22/h7-8,10-11H,2-6,9,12-13H2,1H3. The number of unbranched alkanes of at least 4 members (excludes halogenated alkanes) is 4. The Morgan fingerprint density at radius 3 is 2.13 bits per heavy atom. The Labute approximate surface area is 136 Å². The van der Waals surface area contributed by atoms with Crippen molar-refractivity contribution in [1.29, 1.82) is 0 Å². The lowest BCUT2D eigenvalue weighted by atomic mass is 10.1. The highest BCUT2D eigenvalue weighted by molar-refractivity contribution is 6.21. The first kappa shape index (κ1) is 17.2. The molecule has 0 N–H and O–H groups in total. The average Bonchev–Trinajstić information content (AvgIpc) is 2.79. The van der Waals surface area contributed by atoms with Crippen molar-refractivity contribution in [2.24, 2.45) is 0 Å². The van der Waals surface area contributed by atoms with E-state index in [-0.39, 0.29) is 17.8 Å². The van der Waals surface area contributed by atoms with Crippen LogP contribution < -0.4 is 0 Å². The lowest BCUT2D eigenvalue weighted by Gasteiger charge is -2.13. The molecule has 0 aliphatic carbocycles. The van der Waals surface area contributed by atoms with Crippen LogP contribution in [-0.4, -0.2) is 35.8 Å². The number of rotatable bonds is 9. The summed E-state index contributed by atoms with van der Waals surface area (Å²) in [6.45, 7) is 2.69. The van der Waals surface area contributed by atoms with E-state index in [9.17, 15) is 14.4 Å². The number of hydrogen-bond acceptors (Lipinski definition) is 4. The quantitative estimate of drug-likeness (QED) is 0.398. The molecule has 124 valence electrons. The van der Waals surface area contributed by atoms with Crippen molar-refractivity contribution in [2.75, 3.05) is 13.2 Å². The molecule has 2 amide bonds. The number of ether oxygens (including phenoxy) is 1. The normalized spacial score (nSPS) is 13.3. The van der Waals surface area contributed by atoms with Crippen LogP contribution in [0.5, 0.6) is 0 Å². The molecule has 0 aromatic heterocycles. The van der Waals surface area contributed by atoms with E-state index >= 15 is 0 Å². The summed E-state index contributed by atoms with van der Waals surface area (Å²) in [5.74, 6) is -0.514. The number of fused-ring (bicyclic) bond motifs is 1. The van der Waals surface area contributed by atoms with Crippen LogP contribution >= 0.6 is 0 Å². The fourth-order valence-corrected chi connectivity index (χ4v) is 2.74. The van der Waals surface area contributed by atoms with Crippen LogP contribution in [0.25, 0.3) is 0 Å². The van der Waals surface area contributed by atoms with Crippen molar-refractivity contribution < 1.29 is 19.1 Å². The summed E-state index contributed by atoms with van der Waals surface area (Å²) in [4.78, 5) is 36.8. The number of nitrogens with zero attached hydrogens (tertiary/aromatic N) is 1. The molecular formula is C18H23NO4. The number of carbonyl (C=O) groups is 3. The van der Waals surface area contributed by atoms with E-state index < -0.39 is 0 Å². The molecule has 23 heavy (non-hydrogen) atoms. The van der Waals surface area contributed by atoms with Gasteiger partial charge in [-0.3, -0.25) is 19.3 Å². The molecule has 0 fully saturated rings. The topological polar surface area (TPSA) is 63.7 Å². The van der Waals surface area contributed by atoms with Crippen LogP contribution in [0, 0.1) is 0 Å². The largest absolute Gasteiger partial charge is 0.466 e. The zero-order valence-electron chi connectivity index (χ0n) is 13.5. The smallest absolute Gasteiger partial charge is 0.305 e. The van der Waals surface area contributed by atoms with Gasteiger partial charge in [-0.1, -0.05) is 31.4 Å². The van der Waals surface area contributed by atoms with Crippen molar-refractivity contribution in [1.82, 2.24) is 4.90 Å². The highest BCUT2D eigenvalue weighted by atomic mass is 16.5. The lowest BCUT2D eigenvalue weighted by Crippen LogP contribution is -2.30. The number of carbonyl (C=O) groups excluding carboxylic acids is 3. The number of imide groups is 1. The van der Waals surface area contributed by atoms with Gasteiger partial charge in [-0.05, 0) is 31.9 Å². The van der Waals surface area contributed by atoms with E-state index in [0.29, 0.717) is 30.7 Å². The fourth-order valence-electron chi connectivity index (χ4n) is 2.74. The molecule has 1 aliphatic heterocycles. The van der Waals surface area contributed by atoms with Crippen LogP contribution in [0.2, 0.25) is 0 Å². The molecule has 0 saturated heterocycles. The maximum atomic E-state index is 12.2. The van der Waals surface area contributed by atoms with Crippen molar-refractivity contribution >= 4 is 17.8 Å². The van der Waals surface area contributed by atoms with Crippen LogP contribution in [0.1, 0.15) is 66.2 Å². The Balaban J connectivity index is 1.63. The van der Waals surface area contributed by atoms with Crippen LogP contribution in [0.4, 0.5) is 0 Å². The molecule has 1 aromatic carbocycles. The second kappa shape index (κ2) is 8.46. The summed E-state index contributed by atoms with van der Waals surface area (Å²) in [6.07, 6.45) is 4.97. The minimum atomic E-state index is -0.187. The molecule has 5 heteroatoms. The summed E-state index contributed by atoms with van der Waals surface area (Å²) < 4.78 is 4.87. The zero-order valence-corrected chi connectivity index (χ0v) is 13.5. The molecule has 1 heterocycles. The number of benzene rings is 1. The summed E-state index contributed by atoms with van der Waals surface area (Å²) in [5, 5.41) is 0. The predicted molar refractivity (Wildman–Crippen MR) is 86.1 cm³/mol.